The molecule has 0 aliphatic rings. The number of pyridine rings is 1. The third kappa shape index (κ3) is 1.96. The van der Waals surface area contributed by atoms with Crippen molar-refractivity contribution in [2.75, 3.05) is 0 Å². The minimum Gasteiger partial charge on any atom is -0.294 e. The van der Waals surface area contributed by atoms with Crippen LogP contribution in [0, 0.1) is 5.92 Å². The zero-order valence-electron chi connectivity index (χ0n) is 10.7. The number of hydrogen-bond donors (Lipinski definition) is 0. The summed E-state index contributed by atoms with van der Waals surface area (Å²) in [5.74, 6) is 0.101. The molecule has 0 radical (unpaired) electrons. The molecule has 4 nitrogen and oxygen atoms in total. The molecule has 0 spiro atoms. The molecule has 5 heteroatoms. The van der Waals surface area contributed by atoms with E-state index in [9.17, 15) is 4.79 Å². The van der Waals surface area contributed by atoms with E-state index < -0.39 is 0 Å². The number of thiazole rings is 1. The molecule has 96 valence electrons. The Hall–Kier alpha value is -2.01. The Kier molecular flexibility index (Phi) is 2.91. The van der Waals surface area contributed by atoms with Crippen molar-refractivity contribution in [3.8, 4) is 5.13 Å². The Morgan fingerprint density at radius 3 is 2.84 bits per heavy atom. The fourth-order valence-electron chi connectivity index (χ4n) is 2.05. The fourth-order valence-corrected chi connectivity index (χ4v) is 2.66. The molecular weight excluding hydrogens is 258 g/mol. The predicted molar refractivity (Wildman–Crippen MR) is 75.9 cm³/mol. The largest absolute Gasteiger partial charge is 0.294 e. The number of rotatable bonds is 3. The Balaban J connectivity index is 2.28. The van der Waals surface area contributed by atoms with Crippen molar-refractivity contribution >= 4 is 28.2 Å². The number of aromatic nitrogens is 3. The van der Waals surface area contributed by atoms with Crippen molar-refractivity contribution in [1.82, 2.24) is 14.5 Å². The van der Waals surface area contributed by atoms with Crippen molar-refractivity contribution in [2.24, 2.45) is 5.92 Å². The van der Waals surface area contributed by atoms with E-state index in [1.54, 1.807) is 12.4 Å². The van der Waals surface area contributed by atoms with E-state index in [0.29, 0.717) is 5.56 Å². The molecule has 0 bridgehead atoms. The minimum absolute atomic E-state index is 0.0319. The second kappa shape index (κ2) is 4.59. The lowest BCUT2D eigenvalue weighted by Gasteiger charge is -2.01. The Morgan fingerprint density at radius 2 is 2.16 bits per heavy atom. The summed E-state index contributed by atoms with van der Waals surface area (Å²) in [5.41, 5.74) is 1.50. The van der Waals surface area contributed by atoms with Crippen LogP contribution in [0.4, 0.5) is 0 Å². The Morgan fingerprint density at radius 1 is 1.32 bits per heavy atom. The van der Waals surface area contributed by atoms with Crippen LogP contribution in [0.3, 0.4) is 0 Å². The molecule has 0 saturated carbocycles. The lowest BCUT2D eigenvalue weighted by Crippen LogP contribution is -2.06. The van der Waals surface area contributed by atoms with Crippen molar-refractivity contribution in [3.05, 3.63) is 41.7 Å². The molecule has 3 heterocycles. The average Bonchev–Trinajstić information content (AvgIpc) is 3.04. The molecule has 0 saturated heterocycles. The van der Waals surface area contributed by atoms with Gasteiger partial charge in [-0.25, -0.2) is 9.97 Å². The van der Waals surface area contributed by atoms with E-state index in [4.69, 9.17) is 0 Å². The van der Waals surface area contributed by atoms with Gasteiger partial charge in [0.2, 0.25) is 0 Å². The summed E-state index contributed by atoms with van der Waals surface area (Å²) in [6.45, 7) is 3.82. The number of nitrogens with zero attached hydrogens (tertiary/aromatic N) is 3. The summed E-state index contributed by atoms with van der Waals surface area (Å²) in [6, 6.07) is 3.79. The third-order valence-electron chi connectivity index (χ3n) is 2.98. The molecular formula is C14H13N3OS. The van der Waals surface area contributed by atoms with Crippen molar-refractivity contribution < 1.29 is 4.79 Å². The molecule has 0 aliphatic carbocycles. The second-order valence-corrected chi connectivity index (χ2v) is 5.49. The van der Waals surface area contributed by atoms with Crippen LogP contribution in [-0.2, 0) is 0 Å². The topological polar surface area (TPSA) is 47.8 Å². The molecule has 0 amide bonds. The minimum atomic E-state index is -0.0319. The highest BCUT2D eigenvalue weighted by Crippen LogP contribution is 2.26. The van der Waals surface area contributed by atoms with E-state index in [0.717, 1.165) is 16.2 Å². The van der Waals surface area contributed by atoms with Crippen LogP contribution in [0.1, 0.15) is 24.2 Å². The quantitative estimate of drug-likeness (QED) is 0.686. The highest BCUT2D eigenvalue weighted by molar-refractivity contribution is 7.12. The average molecular weight is 271 g/mol. The van der Waals surface area contributed by atoms with Crippen LogP contribution in [0.25, 0.3) is 16.2 Å². The molecule has 0 atom stereocenters. The molecule has 0 aromatic carbocycles. The molecule has 0 N–H and O–H groups in total. The van der Waals surface area contributed by atoms with Gasteiger partial charge in [0.05, 0.1) is 0 Å². The second-order valence-electron chi connectivity index (χ2n) is 4.62. The number of fused-ring (bicyclic) bond motifs is 1. The molecule has 0 unspecified atom stereocenters. The van der Waals surface area contributed by atoms with Gasteiger partial charge in [-0.15, -0.1) is 11.3 Å². The molecule has 3 rings (SSSR count). The lowest BCUT2D eigenvalue weighted by molar-refractivity contribution is 0.0941. The maximum absolute atomic E-state index is 12.3. The van der Waals surface area contributed by atoms with Crippen molar-refractivity contribution in [3.63, 3.8) is 0 Å². The first-order chi connectivity index (χ1) is 9.18. The molecule has 0 aliphatic heterocycles. The van der Waals surface area contributed by atoms with E-state index in [1.807, 2.05) is 42.1 Å². The van der Waals surface area contributed by atoms with Gasteiger partial charge >= 0.3 is 0 Å². The zero-order chi connectivity index (χ0) is 13.4. The number of hydrogen-bond acceptors (Lipinski definition) is 4. The first-order valence-electron chi connectivity index (χ1n) is 6.08. The number of carbonyl (C=O) groups excluding carboxylic acids is 1. The predicted octanol–water partition coefficient (Wildman–Crippen LogP) is 3.32. The highest BCUT2D eigenvalue weighted by Gasteiger charge is 2.19. The summed E-state index contributed by atoms with van der Waals surface area (Å²) in [7, 11) is 0. The van der Waals surface area contributed by atoms with Gasteiger partial charge in [-0.2, -0.15) is 0 Å². The van der Waals surface area contributed by atoms with Crippen molar-refractivity contribution in [1.29, 1.82) is 0 Å². The maximum Gasteiger partial charge on any atom is 0.195 e. The fraction of sp³-hybridized carbons (Fsp3) is 0.214. The van der Waals surface area contributed by atoms with Gasteiger partial charge in [0.25, 0.3) is 0 Å². The number of Topliss-reactive ketones (excluding diaryl/α,β-unsaturated/α-hetero) is 1. The Labute approximate surface area is 114 Å². The Bertz CT molecular complexity index is 728. The standard InChI is InChI=1S/C14H13N3OS/c1-9(2)12(18)11-8-17(14-16-6-7-19-14)13-10(11)4-3-5-15-13/h3-9H,1-2H3. The highest BCUT2D eigenvalue weighted by atomic mass is 32.1. The number of carbonyl (C=O) groups is 1. The summed E-state index contributed by atoms with van der Waals surface area (Å²) in [6.07, 6.45) is 5.33. The van der Waals surface area contributed by atoms with E-state index in [1.165, 1.54) is 11.3 Å². The van der Waals surface area contributed by atoms with Crippen LogP contribution in [-0.4, -0.2) is 20.3 Å². The van der Waals surface area contributed by atoms with E-state index in [-0.39, 0.29) is 11.7 Å². The van der Waals surface area contributed by atoms with Crippen LogP contribution >= 0.6 is 11.3 Å². The molecule has 0 fully saturated rings. The SMILES string of the molecule is CC(C)C(=O)c1cn(-c2nccs2)c2ncccc12. The van der Waals surface area contributed by atoms with Crippen LogP contribution < -0.4 is 0 Å². The van der Waals surface area contributed by atoms with Gasteiger partial charge in [-0.05, 0) is 12.1 Å². The van der Waals surface area contributed by atoms with E-state index in [2.05, 4.69) is 9.97 Å². The third-order valence-corrected chi connectivity index (χ3v) is 3.75. The van der Waals surface area contributed by atoms with Gasteiger partial charge in [0.1, 0.15) is 5.65 Å². The van der Waals surface area contributed by atoms with Crippen molar-refractivity contribution in [2.45, 2.75) is 13.8 Å². The summed E-state index contributed by atoms with van der Waals surface area (Å²) < 4.78 is 1.88. The lowest BCUT2D eigenvalue weighted by atomic mass is 10.0. The van der Waals surface area contributed by atoms with Gasteiger partial charge in [-0.1, -0.05) is 13.8 Å². The van der Waals surface area contributed by atoms with Gasteiger partial charge in [0, 0.05) is 40.8 Å². The first-order valence-corrected chi connectivity index (χ1v) is 6.96. The van der Waals surface area contributed by atoms with E-state index >= 15 is 0 Å². The molecule has 3 aromatic rings. The first kappa shape index (κ1) is 12.0. The smallest absolute Gasteiger partial charge is 0.195 e. The molecule has 3 aromatic heterocycles. The summed E-state index contributed by atoms with van der Waals surface area (Å²) in [5, 5.41) is 3.62. The molecule has 19 heavy (non-hydrogen) atoms. The van der Waals surface area contributed by atoms with Gasteiger partial charge in [0.15, 0.2) is 10.9 Å². The van der Waals surface area contributed by atoms with Crippen LogP contribution in [0.15, 0.2) is 36.1 Å². The zero-order valence-corrected chi connectivity index (χ0v) is 11.5. The maximum atomic E-state index is 12.3. The van der Waals surface area contributed by atoms with Crippen LogP contribution in [0.5, 0.6) is 0 Å². The summed E-state index contributed by atoms with van der Waals surface area (Å²) in [4.78, 5) is 20.9. The van der Waals surface area contributed by atoms with Gasteiger partial charge in [-0.3, -0.25) is 9.36 Å². The monoisotopic (exact) mass is 271 g/mol. The summed E-state index contributed by atoms with van der Waals surface area (Å²) >= 11 is 1.52. The number of ketones is 1. The van der Waals surface area contributed by atoms with Crippen LogP contribution in [0.2, 0.25) is 0 Å². The normalized spacial score (nSPS) is 11.3. The van der Waals surface area contributed by atoms with Gasteiger partial charge < -0.3 is 0 Å².